The summed E-state index contributed by atoms with van der Waals surface area (Å²) in [6, 6.07) is 6.40. The van der Waals surface area contributed by atoms with Crippen molar-refractivity contribution in [1.82, 2.24) is 0 Å². The minimum absolute atomic E-state index is 0.408. The molecule has 2 heterocycles. The van der Waals surface area contributed by atoms with E-state index in [9.17, 15) is 19.2 Å². The van der Waals surface area contributed by atoms with Crippen molar-refractivity contribution in [2.24, 2.45) is 0 Å². The first-order valence-corrected chi connectivity index (χ1v) is 9.37. The molecule has 2 saturated heterocycles. The Bertz CT molecular complexity index is 777. The van der Waals surface area contributed by atoms with Crippen molar-refractivity contribution < 1.29 is 56.7 Å². The lowest BCUT2D eigenvalue weighted by Crippen LogP contribution is -2.40. The molecule has 1 aromatic carbocycles. The highest BCUT2D eigenvalue weighted by atomic mass is 16.7. The third kappa shape index (κ3) is 4.63. The Balaban J connectivity index is 1.82. The molecular weight excluding hydrogens is 430 g/mol. The molecule has 3 rings (SSSR count). The van der Waals surface area contributed by atoms with Crippen molar-refractivity contribution in [3.05, 3.63) is 24.3 Å². The van der Waals surface area contributed by atoms with Gasteiger partial charge in [0.2, 0.25) is 0 Å². The average Bonchev–Trinajstić information content (AvgIpc) is 3.47. The van der Waals surface area contributed by atoms with Crippen LogP contribution in [0.3, 0.4) is 0 Å². The minimum atomic E-state index is -1.33. The maximum atomic E-state index is 12.0. The molecule has 0 spiro atoms. The molecular formula is C18H20B2O12. The SMILES string of the molecule is COC(=O)[C@H]1OB(c2cccc(B3O[C@H](C(=O)OC)[C@@H](C(=O)OC)O3)c2)O[C@@H]1C(=O)OC. The number of carbonyl (C=O) groups is 4. The molecule has 14 heteroatoms. The zero-order chi connectivity index (χ0) is 23.4. The van der Waals surface area contributed by atoms with E-state index in [4.69, 9.17) is 18.6 Å². The van der Waals surface area contributed by atoms with Crippen LogP contribution in [0.5, 0.6) is 0 Å². The summed E-state index contributed by atoms with van der Waals surface area (Å²) >= 11 is 0. The van der Waals surface area contributed by atoms with E-state index in [0.717, 1.165) is 28.4 Å². The number of methoxy groups -OCH3 is 4. The largest absolute Gasteiger partial charge is 0.495 e. The summed E-state index contributed by atoms with van der Waals surface area (Å²) < 4.78 is 41.0. The quantitative estimate of drug-likeness (QED) is 0.254. The zero-order valence-electron chi connectivity index (χ0n) is 17.7. The van der Waals surface area contributed by atoms with Gasteiger partial charge in [0.25, 0.3) is 0 Å². The highest BCUT2D eigenvalue weighted by Gasteiger charge is 2.51. The third-order valence-electron chi connectivity index (χ3n) is 4.82. The van der Waals surface area contributed by atoms with Crippen molar-refractivity contribution >= 4 is 49.0 Å². The van der Waals surface area contributed by atoms with Crippen LogP contribution >= 0.6 is 0 Å². The van der Waals surface area contributed by atoms with E-state index >= 15 is 0 Å². The fourth-order valence-corrected chi connectivity index (χ4v) is 3.23. The first-order chi connectivity index (χ1) is 15.3. The van der Waals surface area contributed by atoms with Gasteiger partial charge < -0.3 is 37.6 Å². The number of ether oxygens (including phenoxy) is 4. The van der Waals surface area contributed by atoms with Crippen LogP contribution in [0, 0.1) is 0 Å². The van der Waals surface area contributed by atoms with E-state index in [1.165, 1.54) is 0 Å². The Labute approximate surface area is 183 Å². The summed E-state index contributed by atoms with van der Waals surface area (Å²) in [5.41, 5.74) is 0.817. The van der Waals surface area contributed by atoms with Crippen molar-refractivity contribution in [2.45, 2.75) is 24.4 Å². The Morgan fingerprint density at radius 3 is 1.16 bits per heavy atom. The van der Waals surface area contributed by atoms with Crippen LogP contribution < -0.4 is 10.9 Å². The summed E-state index contributed by atoms with van der Waals surface area (Å²) in [4.78, 5) is 48.0. The van der Waals surface area contributed by atoms with Gasteiger partial charge in [-0.3, -0.25) is 0 Å². The Hall–Kier alpha value is -2.93. The second-order valence-electron chi connectivity index (χ2n) is 6.65. The molecule has 2 aliphatic heterocycles. The molecule has 170 valence electrons. The number of hydrogen-bond donors (Lipinski definition) is 0. The molecule has 4 atom stereocenters. The number of esters is 4. The summed E-state index contributed by atoms with van der Waals surface area (Å²) in [5, 5.41) is 0. The van der Waals surface area contributed by atoms with E-state index < -0.39 is 62.5 Å². The number of hydrogen-bond acceptors (Lipinski definition) is 12. The van der Waals surface area contributed by atoms with Gasteiger partial charge in [0.1, 0.15) is 0 Å². The van der Waals surface area contributed by atoms with Crippen molar-refractivity contribution in [3.8, 4) is 0 Å². The first kappa shape index (κ1) is 23.7. The Morgan fingerprint density at radius 2 is 0.906 bits per heavy atom. The van der Waals surface area contributed by atoms with Crippen LogP contribution in [0.1, 0.15) is 0 Å². The molecule has 0 aromatic heterocycles. The highest BCUT2D eigenvalue weighted by molar-refractivity contribution is 6.66. The molecule has 0 radical (unpaired) electrons. The lowest BCUT2D eigenvalue weighted by atomic mass is 9.72. The fraction of sp³-hybridized carbons (Fsp3) is 0.444. The second-order valence-corrected chi connectivity index (χ2v) is 6.65. The molecule has 0 bridgehead atoms. The van der Waals surface area contributed by atoms with Crippen LogP contribution in [0.25, 0.3) is 0 Å². The first-order valence-electron chi connectivity index (χ1n) is 9.37. The highest BCUT2D eigenvalue weighted by Crippen LogP contribution is 2.21. The van der Waals surface area contributed by atoms with Crippen molar-refractivity contribution in [1.29, 1.82) is 0 Å². The molecule has 0 amide bonds. The Morgan fingerprint density at radius 1 is 0.625 bits per heavy atom. The molecule has 1 aromatic rings. The van der Waals surface area contributed by atoms with Crippen LogP contribution in [-0.4, -0.2) is 91.0 Å². The number of benzene rings is 1. The summed E-state index contributed by atoms with van der Waals surface area (Å²) in [5.74, 6) is -3.21. The smallest absolute Gasteiger partial charge is 0.467 e. The summed E-state index contributed by atoms with van der Waals surface area (Å²) in [6.45, 7) is 0. The lowest BCUT2D eigenvalue weighted by Gasteiger charge is -2.13. The maximum Gasteiger partial charge on any atom is 0.495 e. The predicted octanol–water partition coefficient (Wildman–Crippen LogP) is -2.66. The molecule has 0 unspecified atom stereocenters. The van der Waals surface area contributed by atoms with E-state index in [1.807, 2.05) is 0 Å². The Kier molecular flexibility index (Phi) is 7.51. The van der Waals surface area contributed by atoms with Crippen LogP contribution in [0.15, 0.2) is 24.3 Å². The van der Waals surface area contributed by atoms with E-state index in [2.05, 4.69) is 18.9 Å². The van der Waals surface area contributed by atoms with Gasteiger partial charge in [0.15, 0.2) is 24.4 Å². The molecule has 0 N–H and O–H groups in total. The second kappa shape index (κ2) is 10.1. The molecule has 0 aliphatic carbocycles. The lowest BCUT2D eigenvalue weighted by molar-refractivity contribution is -0.160. The van der Waals surface area contributed by atoms with Gasteiger partial charge >= 0.3 is 38.1 Å². The monoisotopic (exact) mass is 450 g/mol. The summed E-state index contributed by atoms with van der Waals surface area (Å²) in [7, 11) is 2.38. The van der Waals surface area contributed by atoms with Gasteiger partial charge in [-0.2, -0.15) is 0 Å². The van der Waals surface area contributed by atoms with E-state index in [1.54, 1.807) is 24.3 Å². The maximum absolute atomic E-state index is 12.0. The average molecular weight is 450 g/mol. The number of carbonyl (C=O) groups excluding carboxylic acids is 4. The van der Waals surface area contributed by atoms with Crippen LogP contribution in [0.4, 0.5) is 0 Å². The fourth-order valence-electron chi connectivity index (χ4n) is 3.23. The minimum Gasteiger partial charge on any atom is -0.467 e. The van der Waals surface area contributed by atoms with Gasteiger partial charge in [-0.1, -0.05) is 24.3 Å². The standard InChI is InChI=1S/C18H20B2O12/c1-25-15(21)11-12(16(22)26-2)30-19(29-11)9-6-5-7-10(8-9)20-31-13(17(23)27-3)14(32-20)18(24)28-4/h5-8,11-14H,1-4H3/t11-,12-,13-,14-/m0/s1. The van der Waals surface area contributed by atoms with Crippen LogP contribution in [-0.2, 0) is 56.7 Å². The van der Waals surface area contributed by atoms with Gasteiger partial charge in [0.05, 0.1) is 28.4 Å². The molecule has 12 nitrogen and oxygen atoms in total. The molecule has 32 heavy (non-hydrogen) atoms. The van der Waals surface area contributed by atoms with Gasteiger partial charge in [-0.25, -0.2) is 19.2 Å². The normalized spacial score (nSPS) is 24.8. The molecule has 2 fully saturated rings. The van der Waals surface area contributed by atoms with Gasteiger partial charge in [-0.05, 0) is 10.9 Å². The van der Waals surface area contributed by atoms with Crippen molar-refractivity contribution in [3.63, 3.8) is 0 Å². The molecule has 0 saturated carbocycles. The van der Waals surface area contributed by atoms with Crippen molar-refractivity contribution in [2.75, 3.05) is 28.4 Å². The van der Waals surface area contributed by atoms with Gasteiger partial charge in [0, 0.05) is 0 Å². The summed E-state index contributed by atoms with van der Waals surface area (Å²) in [6.07, 6.45) is -5.31. The topological polar surface area (TPSA) is 142 Å². The van der Waals surface area contributed by atoms with E-state index in [0.29, 0.717) is 10.9 Å². The third-order valence-corrected chi connectivity index (χ3v) is 4.82. The van der Waals surface area contributed by atoms with Gasteiger partial charge in [-0.15, -0.1) is 0 Å². The molecule has 2 aliphatic rings. The predicted molar refractivity (Wildman–Crippen MR) is 105 cm³/mol. The number of rotatable bonds is 6. The zero-order valence-corrected chi connectivity index (χ0v) is 17.7. The van der Waals surface area contributed by atoms with Crippen LogP contribution in [0.2, 0.25) is 0 Å². The van der Waals surface area contributed by atoms with E-state index in [-0.39, 0.29) is 0 Å².